The average molecular weight is 124 g/mol. The number of rotatable bonds is 2. The van der Waals surface area contributed by atoms with Crippen LogP contribution in [-0.2, 0) is 4.74 Å². The van der Waals surface area contributed by atoms with E-state index in [2.05, 4.69) is 19.1 Å². The molecule has 0 bridgehead atoms. The molecule has 0 saturated carbocycles. The highest BCUT2D eigenvalue weighted by atomic mass is 16.5. The standard InChI is InChI=1S/C8H12O/c1-7-4-3-5-8(7)6-9-2/h3-4H,5-6H2,1-2H3. The van der Waals surface area contributed by atoms with Crippen LogP contribution in [0.25, 0.3) is 0 Å². The van der Waals surface area contributed by atoms with Gasteiger partial charge in [0.15, 0.2) is 0 Å². The quantitative estimate of drug-likeness (QED) is 0.546. The zero-order valence-electron chi connectivity index (χ0n) is 5.98. The molecule has 0 fully saturated rings. The van der Waals surface area contributed by atoms with Crippen LogP contribution in [0.1, 0.15) is 13.3 Å². The van der Waals surface area contributed by atoms with Gasteiger partial charge in [-0.2, -0.15) is 0 Å². The first-order valence-electron chi connectivity index (χ1n) is 3.18. The number of methoxy groups -OCH3 is 1. The Morgan fingerprint density at radius 3 is 2.89 bits per heavy atom. The first-order chi connectivity index (χ1) is 4.34. The molecule has 0 aromatic carbocycles. The third-order valence-electron chi connectivity index (χ3n) is 1.61. The number of allylic oxidation sites excluding steroid dienone is 3. The predicted molar refractivity (Wildman–Crippen MR) is 38.3 cm³/mol. The Balaban J connectivity index is 2.51. The summed E-state index contributed by atoms with van der Waals surface area (Å²) in [6, 6.07) is 0. The van der Waals surface area contributed by atoms with E-state index in [9.17, 15) is 0 Å². The smallest absolute Gasteiger partial charge is 0.0681 e. The Kier molecular flexibility index (Phi) is 2.06. The lowest BCUT2D eigenvalue weighted by molar-refractivity contribution is 0.224. The second-order valence-electron chi connectivity index (χ2n) is 2.33. The summed E-state index contributed by atoms with van der Waals surface area (Å²) in [7, 11) is 1.73. The van der Waals surface area contributed by atoms with Crippen molar-refractivity contribution in [1.82, 2.24) is 0 Å². The van der Waals surface area contributed by atoms with Crippen LogP contribution in [0.5, 0.6) is 0 Å². The van der Waals surface area contributed by atoms with Crippen molar-refractivity contribution in [3.63, 3.8) is 0 Å². The van der Waals surface area contributed by atoms with Gasteiger partial charge in [-0.25, -0.2) is 0 Å². The Morgan fingerprint density at radius 1 is 1.67 bits per heavy atom. The zero-order valence-corrected chi connectivity index (χ0v) is 5.98. The molecule has 1 aliphatic carbocycles. The van der Waals surface area contributed by atoms with Gasteiger partial charge in [-0.05, 0) is 24.5 Å². The van der Waals surface area contributed by atoms with Gasteiger partial charge in [-0.1, -0.05) is 12.2 Å². The van der Waals surface area contributed by atoms with Gasteiger partial charge >= 0.3 is 0 Å². The number of hydrogen-bond acceptors (Lipinski definition) is 1. The summed E-state index contributed by atoms with van der Waals surface area (Å²) >= 11 is 0. The molecule has 0 heterocycles. The van der Waals surface area contributed by atoms with Crippen LogP contribution in [0.4, 0.5) is 0 Å². The van der Waals surface area contributed by atoms with Crippen molar-refractivity contribution in [2.75, 3.05) is 13.7 Å². The molecular weight excluding hydrogens is 112 g/mol. The average Bonchev–Trinajstić information content (AvgIpc) is 2.18. The first kappa shape index (κ1) is 6.56. The number of ether oxygens (including phenoxy) is 1. The molecule has 0 amide bonds. The maximum absolute atomic E-state index is 5.00. The topological polar surface area (TPSA) is 9.23 Å². The third kappa shape index (κ3) is 1.42. The first-order valence-corrected chi connectivity index (χ1v) is 3.18. The van der Waals surface area contributed by atoms with Crippen LogP contribution in [-0.4, -0.2) is 13.7 Å². The largest absolute Gasteiger partial charge is 0.380 e. The molecular formula is C8H12O. The van der Waals surface area contributed by atoms with Crippen molar-refractivity contribution in [1.29, 1.82) is 0 Å². The molecule has 0 unspecified atom stereocenters. The maximum atomic E-state index is 5.00. The normalized spacial score (nSPS) is 17.6. The van der Waals surface area contributed by atoms with Gasteiger partial charge in [0, 0.05) is 7.11 Å². The predicted octanol–water partition coefficient (Wildman–Crippen LogP) is 1.91. The van der Waals surface area contributed by atoms with E-state index in [1.54, 1.807) is 7.11 Å². The van der Waals surface area contributed by atoms with Crippen LogP contribution >= 0.6 is 0 Å². The van der Waals surface area contributed by atoms with Crippen LogP contribution in [0.3, 0.4) is 0 Å². The van der Waals surface area contributed by atoms with Crippen molar-refractivity contribution in [3.8, 4) is 0 Å². The van der Waals surface area contributed by atoms with E-state index in [0.717, 1.165) is 13.0 Å². The summed E-state index contributed by atoms with van der Waals surface area (Å²) < 4.78 is 5.00. The van der Waals surface area contributed by atoms with Gasteiger partial charge in [0.25, 0.3) is 0 Å². The molecule has 0 saturated heterocycles. The molecule has 1 heteroatoms. The van der Waals surface area contributed by atoms with Gasteiger partial charge in [0.05, 0.1) is 6.61 Å². The van der Waals surface area contributed by atoms with Crippen molar-refractivity contribution >= 4 is 0 Å². The Hall–Kier alpha value is -0.560. The molecule has 0 N–H and O–H groups in total. The van der Waals surface area contributed by atoms with E-state index in [-0.39, 0.29) is 0 Å². The van der Waals surface area contributed by atoms with E-state index in [1.165, 1.54) is 11.1 Å². The van der Waals surface area contributed by atoms with Gasteiger partial charge in [-0.3, -0.25) is 0 Å². The highest BCUT2D eigenvalue weighted by molar-refractivity contribution is 5.32. The molecule has 0 radical (unpaired) electrons. The van der Waals surface area contributed by atoms with Gasteiger partial charge in [-0.15, -0.1) is 0 Å². The summed E-state index contributed by atoms with van der Waals surface area (Å²) in [6.07, 6.45) is 5.40. The molecule has 50 valence electrons. The lowest BCUT2D eigenvalue weighted by atomic mass is 10.2. The van der Waals surface area contributed by atoms with E-state index in [4.69, 9.17) is 4.74 Å². The van der Waals surface area contributed by atoms with Crippen molar-refractivity contribution < 1.29 is 4.74 Å². The molecule has 1 aliphatic rings. The fourth-order valence-corrected chi connectivity index (χ4v) is 1.00. The second kappa shape index (κ2) is 2.83. The maximum Gasteiger partial charge on any atom is 0.0681 e. The van der Waals surface area contributed by atoms with Gasteiger partial charge in [0.1, 0.15) is 0 Å². The molecule has 9 heavy (non-hydrogen) atoms. The van der Waals surface area contributed by atoms with E-state index < -0.39 is 0 Å². The van der Waals surface area contributed by atoms with Crippen molar-refractivity contribution in [2.24, 2.45) is 0 Å². The van der Waals surface area contributed by atoms with Gasteiger partial charge in [0.2, 0.25) is 0 Å². The minimum absolute atomic E-state index is 0.791. The Bertz CT molecular complexity index is 154. The van der Waals surface area contributed by atoms with E-state index in [1.807, 2.05) is 0 Å². The third-order valence-corrected chi connectivity index (χ3v) is 1.61. The van der Waals surface area contributed by atoms with Crippen LogP contribution < -0.4 is 0 Å². The summed E-state index contributed by atoms with van der Waals surface area (Å²) in [5.74, 6) is 0. The molecule has 0 atom stereocenters. The Morgan fingerprint density at radius 2 is 2.44 bits per heavy atom. The second-order valence-corrected chi connectivity index (χ2v) is 2.33. The lowest BCUT2D eigenvalue weighted by Crippen LogP contribution is -1.92. The molecule has 0 aromatic heterocycles. The highest BCUT2D eigenvalue weighted by Gasteiger charge is 2.02. The fraction of sp³-hybridized carbons (Fsp3) is 0.500. The minimum Gasteiger partial charge on any atom is -0.380 e. The molecule has 0 aliphatic heterocycles. The van der Waals surface area contributed by atoms with E-state index in [0.29, 0.717) is 0 Å². The summed E-state index contributed by atoms with van der Waals surface area (Å²) in [5.41, 5.74) is 2.79. The molecule has 1 rings (SSSR count). The van der Waals surface area contributed by atoms with Crippen LogP contribution in [0.15, 0.2) is 23.3 Å². The van der Waals surface area contributed by atoms with Gasteiger partial charge < -0.3 is 4.74 Å². The van der Waals surface area contributed by atoms with Crippen molar-refractivity contribution in [2.45, 2.75) is 13.3 Å². The van der Waals surface area contributed by atoms with Crippen LogP contribution in [0.2, 0.25) is 0 Å². The Labute approximate surface area is 56.0 Å². The summed E-state index contributed by atoms with van der Waals surface area (Å²) in [5, 5.41) is 0. The zero-order chi connectivity index (χ0) is 6.69. The molecule has 0 spiro atoms. The monoisotopic (exact) mass is 124 g/mol. The lowest BCUT2D eigenvalue weighted by Gasteiger charge is -1.99. The highest BCUT2D eigenvalue weighted by Crippen LogP contribution is 2.17. The summed E-state index contributed by atoms with van der Waals surface area (Å²) in [6.45, 7) is 2.91. The minimum atomic E-state index is 0.791. The van der Waals surface area contributed by atoms with Crippen LogP contribution in [0, 0.1) is 0 Å². The SMILES string of the molecule is COCC1=C(C)C=CC1. The van der Waals surface area contributed by atoms with E-state index >= 15 is 0 Å². The van der Waals surface area contributed by atoms with Crippen molar-refractivity contribution in [3.05, 3.63) is 23.3 Å². The molecule has 0 aromatic rings. The fourth-order valence-electron chi connectivity index (χ4n) is 1.00. The number of hydrogen-bond donors (Lipinski definition) is 0. The summed E-state index contributed by atoms with van der Waals surface area (Å²) in [4.78, 5) is 0. The molecule has 1 nitrogen and oxygen atoms in total.